The minimum atomic E-state index is -0.0406. The average molecular weight is 405 g/mol. The summed E-state index contributed by atoms with van der Waals surface area (Å²) < 4.78 is 1.90. The molecule has 1 aliphatic carbocycles. The van der Waals surface area contributed by atoms with Crippen LogP contribution in [0.4, 0.5) is 0 Å². The topological polar surface area (TPSA) is 67.6 Å². The molecule has 5 rings (SSSR count). The molecule has 0 radical (unpaired) electrons. The quantitative estimate of drug-likeness (QED) is 0.765. The highest BCUT2D eigenvalue weighted by molar-refractivity contribution is 5.98. The molecule has 1 fully saturated rings. The standard InChI is InChI=1S/C24H28N4O2/c1-15(2)28-22-20(16(3)26-28)11-24(12-21(22)29)6-8-27(9-7-24)23(30)17-4-5-18-13-25-14-19(18)10-17/h4-5,10,14-15H,6-9,11-13H2,1-3H3. The van der Waals surface area contributed by atoms with Crippen LogP contribution in [0.25, 0.3) is 0 Å². The van der Waals surface area contributed by atoms with E-state index in [9.17, 15) is 9.59 Å². The number of piperidine rings is 1. The van der Waals surface area contributed by atoms with Crippen molar-refractivity contribution < 1.29 is 9.59 Å². The summed E-state index contributed by atoms with van der Waals surface area (Å²) in [7, 11) is 0. The van der Waals surface area contributed by atoms with E-state index in [1.165, 1.54) is 5.56 Å². The summed E-state index contributed by atoms with van der Waals surface area (Å²) >= 11 is 0. The van der Waals surface area contributed by atoms with Crippen LogP contribution in [0.15, 0.2) is 23.2 Å². The van der Waals surface area contributed by atoms with Crippen LogP contribution >= 0.6 is 0 Å². The van der Waals surface area contributed by atoms with Gasteiger partial charge in [0.25, 0.3) is 5.91 Å². The van der Waals surface area contributed by atoms with Crippen molar-refractivity contribution in [2.24, 2.45) is 10.4 Å². The lowest BCUT2D eigenvalue weighted by molar-refractivity contribution is 0.0517. The van der Waals surface area contributed by atoms with Gasteiger partial charge in [-0.2, -0.15) is 5.10 Å². The normalized spacial score (nSPS) is 19.5. The van der Waals surface area contributed by atoms with Crippen molar-refractivity contribution in [2.45, 2.75) is 59.0 Å². The van der Waals surface area contributed by atoms with Crippen LogP contribution in [0.3, 0.4) is 0 Å². The van der Waals surface area contributed by atoms with Crippen molar-refractivity contribution in [3.63, 3.8) is 0 Å². The molecular formula is C24H28N4O2. The van der Waals surface area contributed by atoms with Gasteiger partial charge >= 0.3 is 0 Å². The van der Waals surface area contributed by atoms with E-state index in [1.54, 1.807) is 0 Å². The van der Waals surface area contributed by atoms with Crippen molar-refractivity contribution >= 4 is 17.9 Å². The molecule has 30 heavy (non-hydrogen) atoms. The highest BCUT2D eigenvalue weighted by atomic mass is 16.2. The van der Waals surface area contributed by atoms with Gasteiger partial charge in [-0.05, 0) is 68.7 Å². The number of nitrogens with zero attached hydrogens (tertiary/aromatic N) is 4. The maximum absolute atomic E-state index is 13.1. The predicted octanol–water partition coefficient (Wildman–Crippen LogP) is 3.76. The summed E-state index contributed by atoms with van der Waals surface area (Å²) in [5.41, 5.74) is 5.83. The van der Waals surface area contributed by atoms with Crippen molar-refractivity contribution in [3.05, 3.63) is 51.8 Å². The first-order valence-electron chi connectivity index (χ1n) is 10.9. The molecule has 1 aromatic heterocycles. The first kappa shape index (κ1) is 19.2. The number of hydrogen-bond donors (Lipinski definition) is 0. The molecule has 2 aliphatic heterocycles. The van der Waals surface area contributed by atoms with E-state index in [0.29, 0.717) is 26.1 Å². The second-order valence-corrected chi connectivity index (χ2v) is 9.40. The monoisotopic (exact) mass is 404 g/mol. The van der Waals surface area contributed by atoms with Crippen molar-refractivity contribution in [2.75, 3.05) is 13.1 Å². The lowest BCUT2D eigenvalue weighted by Crippen LogP contribution is -2.46. The Morgan fingerprint density at radius 2 is 1.93 bits per heavy atom. The van der Waals surface area contributed by atoms with Gasteiger partial charge < -0.3 is 4.90 Å². The maximum Gasteiger partial charge on any atom is 0.253 e. The molecule has 156 valence electrons. The fraction of sp³-hybridized carbons (Fsp3) is 0.500. The third-order valence-electron chi connectivity index (χ3n) is 7.05. The Morgan fingerprint density at radius 1 is 1.17 bits per heavy atom. The molecule has 0 saturated carbocycles. The van der Waals surface area contributed by atoms with Gasteiger partial charge in [0.05, 0.1) is 12.2 Å². The Bertz CT molecular complexity index is 1070. The fourth-order valence-electron chi connectivity index (χ4n) is 5.28. The van der Waals surface area contributed by atoms with E-state index in [2.05, 4.69) is 23.9 Å². The Balaban J connectivity index is 1.33. The minimum Gasteiger partial charge on any atom is -0.339 e. The molecule has 0 bridgehead atoms. The van der Waals surface area contributed by atoms with Crippen LogP contribution < -0.4 is 0 Å². The number of aliphatic imine (C=N–C) groups is 1. The van der Waals surface area contributed by atoms with Crippen LogP contribution in [-0.2, 0) is 13.0 Å². The van der Waals surface area contributed by atoms with Gasteiger partial charge in [0, 0.05) is 42.9 Å². The van der Waals surface area contributed by atoms with E-state index in [-0.39, 0.29) is 23.1 Å². The molecule has 0 atom stereocenters. The molecular weight excluding hydrogens is 376 g/mol. The molecule has 6 heteroatoms. The van der Waals surface area contributed by atoms with Crippen molar-refractivity contribution in [1.82, 2.24) is 14.7 Å². The number of rotatable bonds is 2. The molecule has 1 amide bonds. The third kappa shape index (κ3) is 3.01. The number of aromatic nitrogens is 2. The van der Waals surface area contributed by atoms with Gasteiger partial charge in [-0.3, -0.25) is 19.3 Å². The molecule has 2 aromatic rings. The number of hydrogen-bond acceptors (Lipinski definition) is 4. The van der Waals surface area contributed by atoms with E-state index in [4.69, 9.17) is 0 Å². The zero-order valence-corrected chi connectivity index (χ0v) is 17.9. The molecule has 0 N–H and O–H groups in total. The highest BCUT2D eigenvalue weighted by Gasteiger charge is 2.44. The summed E-state index contributed by atoms with van der Waals surface area (Å²) in [6.45, 7) is 8.26. The smallest absolute Gasteiger partial charge is 0.253 e. The second kappa shape index (κ2) is 6.89. The number of Topliss-reactive ketones (excluding diaryl/α,β-unsaturated/α-hetero) is 1. The Morgan fingerprint density at radius 3 is 2.67 bits per heavy atom. The van der Waals surface area contributed by atoms with E-state index in [1.807, 2.05) is 40.9 Å². The number of amides is 1. The van der Waals surface area contributed by atoms with E-state index >= 15 is 0 Å². The van der Waals surface area contributed by atoms with Crippen LogP contribution in [0.2, 0.25) is 0 Å². The van der Waals surface area contributed by atoms with Gasteiger partial charge in [0.1, 0.15) is 5.69 Å². The van der Waals surface area contributed by atoms with Gasteiger partial charge in [-0.25, -0.2) is 0 Å². The minimum absolute atomic E-state index is 0.0406. The van der Waals surface area contributed by atoms with Gasteiger partial charge in [-0.1, -0.05) is 6.07 Å². The molecule has 6 nitrogen and oxygen atoms in total. The Hall–Kier alpha value is -2.76. The molecule has 1 aromatic carbocycles. The van der Waals surface area contributed by atoms with Crippen molar-refractivity contribution in [1.29, 1.82) is 0 Å². The van der Waals surface area contributed by atoms with Crippen LogP contribution in [-0.4, -0.2) is 45.7 Å². The summed E-state index contributed by atoms with van der Waals surface area (Å²) in [6.07, 6.45) is 5.03. The average Bonchev–Trinajstić information content (AvgIpc) is 3.32. The highest BCUT2D eigenvalue weighted by Crippen LogP contribution is 2.45. The van der Waals surface area contributed by atoms with E-state index in [0.717, 1.165) is 47.3 Å². The summed E-state index contributed by atoms with van der Waals surface area (Å²) in [5.74, 6) is 0.294. The zero-order valence-electron chi connectivity index (χ0n) is 17.9. The van der Waals surface area contributed by atoms with E-state index < -0.39 is 0 Å². The van der Waals surface area contributed by atoms with Crippen LogP contribution in [0.1, 0.15) is 82.4 Å². The second-order valence-electron chi connectivity index (χ2n) is 9.40. The summed E-state index contributed by atoms with van der Waals surface area (Å²) in [6, 6.07) is 6.07. The SMILES string of the molecule is Cc1nn(C(C)C)c2c1CC1(CCN(C(=O)c3ccc4c(c3)C=NC4)CC1)CC2=O. The zero-order chi connectivity index (χ0) is 21.0. The van der Waals surface area contributed by atoms with Crippen molar-refractivity contribution in [3.8, 4) is 0 Å². The number of aryl methyl sites for hydroxylation is 1. The lowest BCUT2D eigenvalue weighted by Gasteiger charge is -2.43. The van der Waals surface area contributed by atoms with Crippen LogP contribution in [0.5, 0.6) is 0 Å². The summed E-state index contributed by atoms with van der Waals surface area (Å²) in [4.78, 5) is 32.4. The number of carbonyl (C=O) groups excluding carboxylic acids is 2. The van der Waals surface area contributed by atoms with Gasteiger partial charge in [0.2, 0.25) is 0 Å². The first-order valence-corrected chi connectivity index (χ1v) is 10.9. The van der Waals surface area contributed by atoms with Gasteiger partial charge in [0.15, 0.2) is 5.78 Å². The number of fused-ring (bicyclic) bond motifs is 2. The number of benzene rings is 1. The fourth-order valence-corrected chi connectivity index (χ4v) is 5.28. The number of likely N-dealkylation sites (tertiary alicyclic amines) is 1. The first-order chi connectivity index (χ1) is 14.4. The number of carbonyl (C=O) groups is 2. The Kier molecular flexibility index (Phi) is 4.42. The van der Waals surface area contributed by atoms with Crippen LogP contribution in [0, 0.1) is 12.3 Å². The molecule has 3 heterocycles. The predicted molar refractivity (Wildman–Crippen MR) is 115 cm³/mol. The van der Waals surface area contributed by atoms with Gasteiger partial charge in [-0.15, -0.1) is 0 Å². The number of ketones is 1. The molecule has 1 spiro atoms. The summed E-state index contributed by atoms with van der Waals surface area (Å²) in [5, 5.41) is 4.65. The third-order valence-corrected chi connectivity index (χ3v) is 7.05. The maximum atomic E-state index is 13.1. The Labute approximate surface area is 177 Å². The molecule has 1 saturated heterocycles. The largest absolute Gasteiger partial charge is 0.339 e. The molecule has 3 aliphatic rings. The lowest BCUT2D eigenvalue weighted by atomic mass is 9.66. The molecule has 0 unspecified atom stereocenters.